The quantitative estimate of drug-likeness (QED) is 0.787. The van der Waals surface area contributed by atoms with Gasteiger partial charge in [0.2, 0.25) is 5.91 Å². The van der Waals surface area contributed by atoms with Gasteiger partial charge >= 0.3 is 0 Å². The Morgan fingerprint density at radius 2 is 2.10 bits per heavy atom. The molecule has 0 radical (unpaired) electrons. The predicted octanol–water partition coefficient (Wildman–Crippen LogP) is 3.41. The Hall–Kier alpha value is -2.40. The van der Waals surface area contributed by atoms with Crippen LogP contribution in [0.3, 0.4) is 0 Å². The van der Waals surface area contributed by atoms with Crippen molar-refractivity contribution in [2.45, 2.75) is 12.3 Å². The van der Waals surface area contributed by atoms with E-state index in [2.05, 4.69) is 21.7 Å². The summed E-state index contributed by atoms with van der Waals surface area (Å²) in [5, 5.41) is 7.09. The fourth-order valence-electron chi connectivity index (χ4n) is 2.74. The molecule has 0 saturated heterocycles. The summed E-state index contributed by atoms with van der Waals surface area (Å²) >= 11 is 1.65. The second-order valence-corrected chi connectivity index (χ2v) is 5.83. The number of aromatic nitrogens is 2. The highest BCUT2D eigenvalue weighted by Gasteiger charge is 2.31. The van der Waals surface area contributed by atoms with Crippen LogP contribution < -0.4 is 5.32 Å². The minimum atomic E-state index is 0.0383. The number of carbonyl (C=O) groups excluding carboxylic acids is 1. The summed E-state index contributed by atoms with van der Waals surface area (Å²) < 4.78 is 1.94. The van der Waals surface area contributed by atoms with Crippen LogP contribution in [0.25, 0.3) is 5.69 Å². The number of amides is 1. The van der Waals surface area contributed by atoms with Gasteiger partial charge in [0, 0.05) is 18.0 Å². The number of anilines is 1. The number of hydrogen-bond acceptors (Lipinski definition) is 3. The molecule has 1 aliphatic heterocycles. The first-order chi connectivity index (χ1) is 10.3. The first-order valence-corrected chi connectivity index (χ1v) is 7.72. The Labute approximate surface area is 126 Å². The van der Waals surface area contributed by atoms with Crippen LogP contribution in [-0.4, -0.2) is 15.5 Å². The molecule has 4 rings (SSSR count). The molecule has 3 heterocycles. The molecule has 1 atom stereocenters. The SMILES string of the molecule is O=C1C[C@H](c2ccsc2)c2ncn(-c3ccccc3)c2N1. The zero-order chi connectivity index (χ0) is 14.2. The van der Waals surface area contributed by atoms with E-state index in [-0.39, 0.29) is 11.8 Å². The normalized spacial score (nSPS) is 17.3. The minimum absolute atomic E-state index is 0.0383. The number of para-hydroxylation sites is 1. The van der Waals surface area contributed by atoms with Crippen LogP contribution in [0, 0.1) is 0 Å². The third-order valence-electron chi connectivity index (χ3n) is 3.75. The second kappa shape index (κ2) is 4.86. The molecule has 1 amide bonds. The fraction of sp³-hybridized carbons (Fsp3) is 0.125. The molecule has 0 unspecified atom stereocenters. The molecule has 104 valence electrons. The van der Waals surface area contributed by atoms with Crippen molar-refractivity contribution in [2.24, 2.45) is 0 Å². The molecule has 3 aromatic rings. The van der Waals surface area contributed by atoms with Gasteiger partial charge in [-0.2, -0.15) is 11.3 Å². The van der Waals surface area contributed by atoms with Crippen molar-refractivity contribution in [1.82, 2.24) is 9.55 Å². The van der Waals surface area contributed by atoms with E-state index in [4.69, 9.17) is 0 Å². The van der Waals surface area contributed by atoms with E-state index in [9.17, 15) is 4.79 Å². The number of fused-ring (bicyclic) bond motifs is 1. The Morgan fingerprint density at radius 3 is 2.86 bits per heavy atom. The molecule has 5 heteroatoms. The second-order valence-electron chi connectivity index (χ2n) is 5.05. The summed E-state index contributed by atoms with van der Waals surface area (Å²) in [6.07, 6.45) is 2.24. The lowest BCUT2D eigenvalue weighted by molar-refractivity contribution is -0.116. The Bertz CT molecular complexity index is 777. The van der Waals surface area contributed by atoms with Gasteiger partial charge in [-0.05, 0) is 34.5 Å². The monoisotopic (exact) mass is 295 g/mol. The molecule has 1 aromatic carbocycles. The van der Waals surface area contributed by atoms with Crippen molar-refractivity contribution in [2.75, 3.05) is 5.32 Å². The van der Waals surface area contributed by atoms with Crippen LogP contribution in [-0.2, 0) is 4.79 Å². The molecule has 0 spiro atoms. The van der Waals surface area contributed by atoms with Gasteiger partial charge in [0.25, 0.3) is 0 Å². The van der Waals surface area contributed by atoms with E-state index in [1.807, 2.05) is 40.3 Å². The average Bonchev–Trinajstić information content (AvgIpc) is 3.17. The molecule has 0 saturated carbocycles. The smallest absolute Gasteiger partial charge is 0.226 e. The average molecular weight is 295 g/mol. The summed E-state index contributed by atoms with van der Waals surface area (Å²) in [7, 11) is 0. The molecular formula is C16H13N3OS. The van der Waals surface area contributed by atoms with E-state index < -0.39 is 0 Å². The van der Waals surface area contributed by atoms with Crippen LogP contribution in [0.1, 0.15) is 23.6 Å². The lowest BCUT2D eigenvalue weighted by atomic mass is 9.92. The number of rotatable bonds is 2. The number of imidazole rings is 1. The Kier molecular flexibility index (Phi) is 2.86. The number of nitrogens with one attached hydrogen (secondary N) is 1. The zero-order valence-electron chi connectivity index (χ0n) is 11.2. The molecule has 1 N–H and O–H groups in total. The van der Waals surface area contributed by atoms with E-state index in [0.717, 1.165) is 22.8 Å². The van der Waals surface area contributed by atoms with Gasteiger partial charge in [-0.25, -0.2) is 4.98 Å². The first kappa shape index (κ1) is 12.3. The van der Waals surface area contributed by atoms with E-state index in [0.29, 0.717) is 6.42 Å². The fourth-order valence-corrected chi connectivity index (χ4v) is 3.45. The molecule has 1 aliphatic rings. The summed E-state index contributed by atoms with van der Waals surface area (Å²) in [4.78, 5) is 16.6. The molecule has 0 fully saturated rings. The van der Waals surface area contributed by atoms with Gasteiger partial charge < -0.3 is 5.32 Å². The van der Waals surface area contributed by atoms with Crippen molar-refractivity contribution in [3.8, 4) is 5.69 Å². The highest BCUT2D eigenvalue weighted by molar-refractivity contribution is 7.08. The molecule has 21 heavy (non-hydrogen) atoms. The minimum Gasteiger partial charge on any atom is -0.310 e. The third kappa shape index (κ3) is 2.06. The third-order valence-corrected chi connectivity index (χ3v) is 4.45. The Balaban J connectivity index is 1.84. The number of carbonyl (C=O) groups is 1. The molecule has 4 nitrogen and oxygen atoms in total. The maximum atomic E-state index is 12.1. The van der Waals surface area contributed by atoms with Crippen molar-refractivity contribution in [3.63, 3.8) is 0 Å². The largest absolute Gasteiger partial charge is 0.310 e. The number of nitrogens with zero attached hydrogens (tertiary/aromatic N) is 2. The topological polar surface area (TPSA) is 46.9 Å². The van der Waals surface area contributed by atoms with E-state index >= 15 is 0 Å². The van der Waals surface area contributed by atoms with Crippen LogP contribution in [0.4, 0.5) is 5.82 Å². The van der Waals surface area contributed by atoms with Crippen molar-refractivity contribution < 1.29 is 4.79 Å². The summed E-state index contributed by atoms with van der Waals surface area (Å²) in [5.41, 5.74) is 3.10. The summed E-state index contributed by atoms with van der Waals surface area (Å²) in [5.74, 6) is 0.870. The molecular weight excluding hydrogens is 282 g/mol. The van der Waals surface area contributed by atoms with Gasteiger partial charge in [-0.3, -0.25) is 9.36 Å². The first-order valence-electron chi connectivity index (χ1n) is 6.77. The number of benzene rings is 1. The van der Waals surface area contributed by atoms with Crippen molar-refractivity contribution >= 4 is 23.1 Å². The van der Waals surface area contributed by atoms with Gasteiger partial charge in [-0.15, -0.1) is 0 Å². The van der Waals surface area contributed by atoms with Crippen molar-refractivity contribution in [3.05, 3.63) is 64.7 Å². The highest BCUT2D eigenvalue weighted by Crippen LogP contribution is 2.37. The van der Waals surface area contributed by atoms with E-state index in [1.54, 1.807) is 17.7 Å². The van der Waals surface area contributed by atoms with Crippen molar-refractivity contribution in [1.29, 1.82) is 0 Å². The molecule has 0 bridgehead atoms. The van der Waals surface area contributed by atoms with Gasteiger partial charge in [0.15, 0.2) is 0 Å². The van der Waals surface area contributed by atoms with Crippen LogP contribution >= 0.6 is 11.3 Å². The lowest BCUT2D eigenvalue weighted by Crippen LogP contribution is -2.24. The van der Waals surface area contributed by atoms with Crippen LogP contribution in [0.2, 0.25) is 0 Å². The van der Waals surface area contributed by atoms with E-state index in [1.165, 1.54) is 0 Å². The lowest BCUT2D eigenvalue weighted by Gasteiger charge is -2.22. The highest BCUT2D eigenvalue weighted by atomic mass is 32.1. The maximum Gasteiger partial charge on any atom is 0.226 e. The van der Waals surface area contributed by atoms with Gasteiger partial charge in [-0.1, -0.05) is 18.2 Å². The summed E-state index contributed by atoms with van der Waals surface area (Å²) in [6.45, 7) is 0. The predicted molar refractivity (Wildman–Crippen MR) is 83.0 cm³/mol. The summed E-state index contributed by atoms with van der Waals surface area (Å²) in [6, 6.07) is 12.0. The standard InChI is InChI=1S/C16H13N3OS/c20-14-8-13(11-6-7-21-9-11)15-16(18-14)19(10-17-15)12-4-2-1-3-5-12/h1-7,9-10,13H,8H2,(H,18,20)/t13-/m1/s1. The number of hydrogen-bond donors (Lipinski definition) is 1. The maximum absolute atomic E-state index is 12.1. The zero-order valence-corrected chi connectivity index (χ0v) is 12.0. The van der Waals surface area contributed by atoms with Gasteiger partial charge in [0.1, 0.15) is 12.1 Å². The van der Waals surface area contributed by atoms with Crippen LogP contribution in [0.5, 0.6) is 0 Å². The van der Waals surface area contributed by atoms with Crippen LogP contribution in [0.15, 0.2) is 53.5 Å². The molecule has 2 aromatic heterocycles. The number of thiophene rings is 1. The van der Waals surface area contributed by atoms with Gasteiger partial charge in [0.05, 0.1) is 5.69 Å². The Morgan fingerprint density at radius 1 is 1.24 bits per heavy atom. The molecule has 0 aliphatic carbocycles.